The predicted molar refractivity (Wildman–Crippen MR) is 70.2 cm³/mol. The number of thiazole rings is 1. The zero-order valence-electron chi connectivity index (χ0n) is 10.1. The van der Waals surface area contributed by atoms with Gasteiger partial charge in [0.15, 0.2) is 5.13 Å². The van der Waals surface area contributed by atoms with Crippen molar-refractivity contribution < 1.29 is 0 Å². The molecule has 90 valence electrons. The molecule has 0 aliphatic carbocycles. The molecule has 1 saturated heterocycles. The molecule has 1 atom stereocenters. The van der Waals surface area contributed by atoms with Crippen molar-refractivity contribution >= 4 is 16.5 Å². The lowest BCUT2D eigenvalue weighted by atomic mass is 10.0. The van der Waals surface area contributed by atoms with Crippen LogP contribution in [0.2, 0.25) is 0 Å². The molecule has 1 aliphatic rings. The first-order chi connectivity index (χ1) is 7.77. The highest BCUT2D eigenvalue weighted by Crippen LogP contribution is 2.26. The van der Waals surface area contributed by atoms with Crippen LogP contribution in [-0.2, 0) is 0 Å². The molecule has 1 aromatic rings. The second kappa shape index (κ2) is 5.64. The molecule has 1 aliphatic heterocycles. The van der Waals surface area contributed by atoms with E-state index in [1.54, 1.807) is 11.3 Å². The molecular formula is C12H21N3S. The Bertz CT molecular complexity index is 297. The van der Waals surface area contributed by atoms with Crippen molar-refractivity contribution in [2.24, 2.45) is 0 Å². The smallest absolute Gasteiger partial charge is 0.185 e. The molecule has 16 heavy (non-hydrogen) atoms. The third-order valence-electron chi connectivity index (χ3n) is 3.05. The highest BCUT2D eigenvalue weighted by atomic mass is 32.1. The highest BCUT2D eigenvalue weighted by molar-refractivity contribution is 7.13. The first-order valence-corrected chi connectivity index (χ1v) is 7.05. The van der Waals surface area contributed by atoms with Gasteiger partial charge in [0.25, 0.3) is 0 Å². The molecule has 0 spiro atoms. The molecule has 4 heteroatoms. The number of rotatable bonds is 4. The maximum atomic E-state index is 4.43. The molecule has 1 fully saturated rings. The van der Waals surface area contributed by atoms with Crippen LogP contribution in [0.1, 0.15) is 33.1 Å². The van der Waals surface area contributed by atoms with E-state index in [2.05, 4.69) is 34.4 Å². The molecule has 2 rings (SSSR count). The molecule has 3 nitrogen and oxygen atoms in total. The van der Waals surface area contributed by atoms with E-state index in [0.717, 1.165) is 13.1 Å². The van der Waals surface area contributed by atoms with Crippen LogP contribution in [0.4, 0.5) is 5.13 Å². The summed E-state index contributed by atoms with van der Waals surface area (Å²) in [4.78, 5) is 6.91. The van der Waals surface area contributed by atoms with Gasteiger partial charge in [-0.3, -0.25) is 0 Å². The summed E-state index contributed by atoms with van der Waals surface area (Å²) < 4.78 is 0. The van der Waals surface area contributed by atoms with Crippen molar-refractivity contribution in [1.29, 1.82) is 0 Å². The molecule has 0 amide bonds. The Labute approximate surface area is 102 Å². The van der Waals surface area contributed by atoms with Gasteiger partial charge >= 0.3 is 0 Å². The lowest BCUT2D eigenvalue weighted by molar-refractivity contribution is 0.421. The molecule has 1 unspecified atom stereocenters. The van der Waals surface area contributed by atoms with Gasteiger partial charge in [0.1, 0.15) is 0 Å². The monoisotopic (exact) mass is 239 g/mol. The van der Waals surface area contributed by atoms with E-state index < -0.39 is 0 Å². The van der Waals surface area contributed by atoms with Gasteiger partial charge in [-0.15, -0.1) is 11.3 Å². The van der Waals surface area contributed by atoms with Crippen LogP contribution >= 0.6 is 11.3 Å². The average Bonchev–Trinajstić information content (AvgIpc) is 2.80. The average molecular weight is 239 g/mol. The van der Waals surface area contributed by atoms with Crippen molar-refractivity contribution in [3.8, 4) is 0 Å². The standard InChI is InChI=1S/C12H21N3S/c1-10(2)14-9-11-5-3-4-7-15(11)12-13-6-8-16-12/h6,8,10-11,14H,3-5,7,9H2,1-2H3. The van der Waals surface area contributed by atoms with E-state index in [9.17, 15) is 0 Å². The first-order valence-electron chi connectivity index (χ1n) is 6.17. The fraction of sp³-hybridized carbons (Fsp3) is 0.750. The van der Waals surface area contributed by atoms with Crippen molar-refractivity contribution in [2.45, 2.75) is 45.2 Å². The maximum absolute atomic E-state index is 4.43. The minimum Gasteiger partial charge on any atom is -0.344 e. The van der Waals surface area contributed by atoms with Gasteiger partial charge in [-0.2, -0.15) is 0 Å². The van der Waals surface area contributed by atoms with E-state index in [-0.39, 0.29) is 0 Å². The number of nitrogens with one attached hydrogen (secondary N) is 1. The molecular weight excluding hydrogens is 218 g/mol. The predicted octanol–water partition coefficient (Wildman–Crippen LogP) is 2.50. The van der Waals surface area contributed by atoms with Crippen molar-refractivity contribution in [1.82, 2.24) is 10.3 Å². The number of hydrogen-bond donors (Lipinski definition) is 1. The minimum atomic E-state index is 0.570. The number of nitrogens with zero attached hydrogens (tertiary/aromatic N) is 2. The van der Waals surface area contributed by atoms with Gasteiger partial charge in [-0.25, -0.2) is 4.98 Å². The Morgan fingerprint density at radius 1 is 1.56 bits per heavy atom. The van der Waals surface area contributed by atoms with Crippen LogP contribution in [0, 0.1) is 0 Å². The second-order valence-corrected chi connectivity index (χ2v) is 5.59. The molecule has 2 heterocycles. The fourth-order valence-electron chi connectivity index (χ4n) is 2.19. The maximum Gasteiger partial charge on any atom is 0.185 e. The Morgan fingerprint density at radius 2 is 2.44 bits per heavy atom. The topological polar surface area (TPSA) is 28.2 Å². The van der Waals surface area contributed by atoms with Crippen LogP contribution in [0.3, 0.4) is 0 Å². The van der Waals surface area contributed by atoms with Crippen molar-refractivity contribution in [3.05, 3.63) is 11.6 Å². The minimum absolute atomic E-state index is 0.570. The third kappa shape index (κ3) is 2.95. The lowest BCUT2D eigenvalue weighted by Crippen LogP contribution is -2.46. The van der Waals surface area contributed by atoms with Crippen LogP contribution in [0.15, 0.2) is 11.6 Å². The van der Waals surface area contributed by atoms with Gasteiger partial charge in [-0.1, -0.05) is 13.8 Å². The van der Waals surface area contributed by atoms with Crippen LogP contribution in [-0.4, -0.2) is 30.2 Å². The van der Waals surface area contributed by atoms with Crippen LogP contribution in [0.5, 0.6) is 0 Å². The number of anilines is 1. The Kier molecular flexibility index (Phi) is 4.18. The summed E-state index contributed by atoms with van der Waals surface area (Å²) >= 11 is 1.75. The zero-order valence-corrected chi connectivity index (χ0v) is 11.0. The van der Waals surface area contributed by atoms with Crippen molar-refractivity contribution in [2.75, 3.05) is 18.0 Å². The fourth-order valence-corrected chi connectivity index (χ4v) is 2.94. The molecule has 0 bridgehead atoms. The summed E-state index contributed by atoms with van der Waals surface area (Å²) in [5.74, 6) is 0. The Morgan fingerprint density at radius 3 is 3.12 bits per heavy atom. The van der Waals surface area contributed by atoms with Crippen LogP contribution in [0.25, 0.3) is 0 Å². The zero-order chi connectivity index (χ0) is 11.4. The summed E-state index contributed by atoms with van der Waals surface area (Å²) in [6, 6.07) is 1.20. The van der Waals surface area contributed by atoms with E-state index in [1.807, 2.05) is 6.20 Å². The summed E-state index contributed by atoms with van der Waals surface area (Å²) in [6.45, 7) is 6.66. The Hall–Kier alpha value is -0.610. The van der Waals surface area contributed by atoms with Crippen LogP contribution < -0.4 is 10.2 Å². The van der Waals surface area contributed by atoms with E-state index in [1.165, 1.54) is 24.4 Å². The molecule has 1 N–H and O–H groups in total. The largest absolute Gasteiger partial charge is 0.344 e. The number of aromatic nitrogens is 1. The summed E-state index contributed by atoms with van der Waals surface area (Å²) in [5.41, 5.74) is 0. The van der Waals surface area contributed by atoms with Crippen molar-refractivity contribution in [3.63, 3.8) is 0 Å². The van der Waals surface area contributed by atoms with Gasteiger partial charge in [0.05, 0.1) is 0 Å². The quantitative estimate of drug-likeness (QED) is 0.875. The number of piperidine rings is 1. The normalized spacial score (nSPS) is 21.7. The lowest BCUT2D eigenvalue weighted by Gasteiger charge is -2.36. The van der Waals surface area contributed by atoms with E-state index >= 15 is 0 Å². The molecule has 0 radical (unpaired) electrons. The summed E-state index contributed by atoms with van der Waals surface area (Å²) in [6.07, 6.45) is 5.85. The molecule has 0 saturated carbocycles. The van der Waals surface area contributed by atoms with Gasteiger partial charge < -0.3 is 10.2 Å². The summed E-state index contributed by atoms with van der Waals surface area (Å²) in [7, 11) is 0. The SMILES string of the molecule is CC(C)NCC1CCCCN1c1nccs1. The number of hydrogen-bond acceptors (Lipinski definition) is 4. The first kappa shape index (κ1) is 11.9. The molecule has 0 aromatic carbocycles. The molecule has 1 aromatic heterocycles. The summed E-state index contributed by atoms with van der Waals surface area (Å²) in [5, 5.41) is 6.80. The third-order valence-corrected chi connectivity index (χ3v) is 3.86. The van der Waals surface area contributed by atoms with Gasteiger partial charge in [-0.05, 0) is 19.3 Å². The van der Waals surface area contributed by atoms with E-state index in [4.69, 9.17) is 0 Å². The second-order valence-electron chi connectivity index (χ2n) is 4.72. The highest BCUT2D eigenvalue weighted by Gasteiger charge is 2.23. The van der Waals surface area contributed by atoms with Gasteiger partial charge in [0, 0.05) is 36.8 Å². The van der Waals surface area contributed by atoms with E-state index in [0.29, 0.717) is 12.1 Å². The Balaban J connectivity index is 1.97. The van der Waals surface area contributed by atoms with Gasteiger partial charge in [0.2, 0.25) is 0 Å².